The molecule has 39 heavy (non-hydrogen) atoms. The smallest absolute Gasteiger partial charge is 0.165 e. The highest BCUT2D eigenvalue weighted by molar-refractivity contribution is 5.75. The second-order valence-electron chi connectivity index (χ2n) is 10.6. The molecule has 1 aliphatic heterocycles. The van der Waals surface area contributed by atoms with Gasteiger partial charge in [-0.2, -0.15) is 5.10 Å². The van der Waals surface area contributed by atoms with Crippen molar-refractivity contribution in [3.63, 3.8) is 0 Å². The summed E-state index contributed by atoms with van der Waals surface area (Å²) < 4.78 is 28.7. The van der Waals surface area contributed by atoms with Crippen LogP contribution in [0.4, 0.5) is 10.2 Å². The van der Waals surface area contributed by atoms with E-state index < -0.39 is 11.9 Å². The number of rotatable bonds is 9. The van der Waals surface area contributed by atoms with Gasteiger partial charge in [-0.15, -0.1) is 0 Å². The SMILES string of the molecule is CCC[C@@H](O)COc1ccc(F)c(-c2nc(-c3c(C)noc3C)c(C)c(N3Cc4cnn(C5CC5)c4C3)n2)c1. The van der Waals surface area contributed by atoms with Gasteiger partial charge in [0.25, 0.3) is 0 Å². The van der Waals surface area contributed by atoms with Crippen molar-refractivity contribution < 1.29 is 18.8 Å². The zero-order valence-corrected chi connectivity index (χ0v) is 22.7. The number of hydrogen-bond acceptors (Lipinski definition) is 8. The van der Waals surface area contributed by atoms with E-state index in [0.717, 1.165) is 36.2 Å². The van der Waals surface area contributed by atoms with Gasteiger partial charge in [-0.05, 0) is 58.2 Å². The van der Waals surface area contributed by atoms with Crippen LogP contribution in [0.3, 0.4) is 0 Å². The second-order valence-corrected chi connectivity index (χ2v) is 10.6. The summed E-state index contributed by atoms with van der Waals surface area (Å²) in [6.07, 6.45) is 5.18. The van der Waals surface area contributed by atoms with Gasteiger partial charge < -0.3 is 19.3 Å². The van der Waals surface area contributed by atoms with Crippen LogP contribution < -0.4 is 9.64 Å². The van der Waals surface area contributed by atoms with Crippen molar-refractivity contribution in [3.8, 4) is 28.4 Å². The highest BCUT2D eigenvalue weighted by atomic mass is 19.1. The Kier molecular flexibility index (Phi) is 6.58. The molecule has 4 aromatic rings. The van der Waals surface area contributed by atoms with E-state index in [2.05, 4.69) is 19.8 Å². The molecule has 0 saturated heterocycles. The first-order valence-electron chi connectivity index (χ1n) is 13.6. The van der Waals surface area contributed by atoms with Crippen molar-refractivity contribution in [2.45, 2.75) is 78.6 Å². The summed E-state index contributed by atoms with van der Waals surface area (Å²) in [6.45, 7) is 9.19. The third-order valence-corrected chi connectivity index (χ3v) is 7.51. The van der Waals surface area contributed by atoms with Gasteiger partial charge in [0.05, 0.1) is 53.1 Å². The van der Waals surface area contributed by atoms with Crippen LogP contribution in [0.5, 0.6) is 5.75 Å². The lowest BCUT2D eigenvalue weighted by Gasteiger charge is -2.22. The van der Waals surface area contributed by atoms with E-state index in [1.807, 2.05) is 33.9 Å². The Morgan fingerprint density at radius 1 is 1.18 bits per heavy atom. The molecular weight excluding hydrogens is 499 g/mol. The van der Waals surface area contributed by atoms with E-state index in [-0.39, 0.29) is 18.0 Å². The third kappa shape index (κ3) is 4.78. The highest BCUT2D eigenvalue weighted by Gasteiger charge is 2.33. The van der Waals surface area contributed by atoms with E-state index >= 15 is 4.39 Å². The molecule has 6 rings (SSSR count). The van der Waals surface area contributed by atoms with E-state index in [4.69, 9.17) is 19.2 Å². The van der Waals surface area contributed by atoms with Gasteiger partial charge in [0.1, 0.15) is 29.8 Å². The summed E-state index contributed by atoms with van der Waals surface area (Å²) in [5.74, 6) is 1.62. The zero-order valence-electron chi connectivity index (χ0n) is 22.7. The quantitative estimate of drug-likeness (QED) is 0.303. The molecule has 0 amide bonds. The molecule has 0 unspecified atom stereocenters. The van der Waals surface area contributed by atoms with Crippen molar-refractivity contribution in [1.82, 2.24) is 24.9 Å². The molecule has 1 saturated carbocycles. The van der Waals surface area contributed by atoms with Crippen LogP contribution in [0.1, 0.15) is 66.9 Å². The predicted molar refractivity (Wildman–Crippen MR) is 144 cm³/mol. The van der Waals surface area contributed by atoms with Crippen LogP contribution in [0.15, 0.2) is 28.9 Å². The van der Waals surface area contributed by atoms with E-state index in [0.29, 0.717) is 48.4 Å². The Balaban J connectivity index is 1.42. The number of halogens is 1. The number of fused-ring (bicyclic) bond motifs is 1. The molecule has 1 fully saturated rings. The van der Waals surface area contributed by atoms with Gasteiger partial charge in [-0.1, -0.05) is 18.5 Å². The number of aryl methyl sites for hydroxylation is 2. The van der Waals surface area contributed by atoms with Crippen LogP contribution in [-0.2, 0) is 13.1 Å². The Morgan fingerprint density at radius 2 is 2.00 bits per heavy atom. The first-order chi connectivity index (χ1) is 18.8. The maximum atomic E-state index is 15.3. The summed E-state index contributed by atoms with van der Waals surface area (Å²) in [5, 5.41) is 18.8. The van der Waals surface area contributed by atoms with Gasteiger partial charge in [-0.3, -0.25) is 4.68 Å². The van der Waals surface area contributed by atoms with Gasteiger partial charge >= 0.3 is 0 Å². The molecule has 0 bridgehead atoms. The fourth-order valence-corrected chi connectivity index (χ4v) is 5.33. The van der Waals surface area contributed by atoms with Crippen molar-refractivity contribution in [3.05, 3.63) is 58.5 Å². The molecule has 9 nitrogen and oxygen atoms in total. The number of aromatic nitrogens is 5. The first-order valence-corrected chi connectivity index (χ1v) is 13.6. The normalized spacial score (nSPS) is 15.6. The van der Waals surface area contributed by atoms with Crippen LogP contribution in [0.25, 0.3) is 22.6 Å². The van der Waals surface area contributed by atoms with Crippen molar-refractivity contribution in [2.24, 2.45) is 0 Å². The van der Waals surface area contributed by atoms with Gasteiger partial charge in [0.2, 0.25) is 0 Å². The monoisotopic (exact) mass is 532 g/mol. The Hall–Kier alpha value is -3.79. The van der Waals surface area contributed by atoms with E-state index in [1.54, 1.807) is 12.1 Å². The number of ether oxygens (including phenoxy) is 1. The predicted octanol–water partition coefficient (Wildman–Crippen LogP) is 5.45. The standard InChI is InChI=1S/C29H33FN6O3/c1-5-6-21(37)15-38-22-9-10-24(30)23(11-22)28-32-27(26-17(3)34-39-18(26)4)16(2)29(33-28)35-13-19-12-31-36(20-7-8-20)25(19)14-35/h9-12,20-21,37H,5-8,13-15H2,1-4H3/t21-/m1/s1. The number of benzene rings is 1. The summed E-state index contributed by atoms with van der Waals surface area (Å²) in [6, 6.07) is 5.00. The van der Waals surface area contributed by atoms with Crippen LogP contribution >= 0.6 is 0 Å². The van der Waals surface area contributed by atoms with Crippen LogP contribution in [0, 0.1) is 26.6 Å². The van der Waals surface area contributed by atoms with Crippen LogP contribution in [0.2, 0.25) is 0 Å². The second kappa shape index (κ2) is 10.1. The van der Waals surface area contributed by atoms with Crippen molar-refractivity contribution >= 4 is 5.82 Å². The lowest BCUT2D eigenvalue weighted by Crippen LogP contribution is -2.20. The minimum atomic E-state index is -0.583. The maximum Gasteiger partial charge on any atom is 0.165 e. The largest absolute Gasteiger partial charge is 0.491 e. The third-order valence-electron chi connectivity index (χ3n) is 7.51. The van der Waals surface area contributed by atoms with E-state index in [9.17, 15) is 5.11 Å². The average Bonchev–Trinajstić information content (AvgIpc) is 3.41. The summed E-state index contributed by atoms with van der Waals surface area (Å²) in [4.78, 5) is 12.0. The molecule has 1 aliphatic carbocycles. The van der Waals surface area contributed by atoms with Crippen molar-refractivity contribution in [2.75, 3.05) is 11.5 Å². The molecule has 0 radical (unpaired) electrons. The highest BCUT2D eigenvalue weighted by Crippen LogP contribution is 2.41. The fourth-order valence-electron chi connectivity index (χ4n) is 5.33. The summed E-state index contributed by atoms with van der Waals surface area (Å²) >= 11 is 0. The maximum absolute atomic E-state index is 15.3. The Morgan fingerprint density at radius 3 is 2.72 bits per heavy atom. The lowest BCUT2D eigenvalue weighted by atomic mass is 10.0. The first kappa shape index (κ1) is 25.5. The molecule has 2 aliphatic rings. The van der Waals surface area contributed by atoms with Crippen LogP contribution in [-0.4, -0.2) is 42.7 Å². The van der Waals surface area contributed by atoms with Crippen molar-refractivity contribution in [1.29, 1.82) is 0 Å². The molecule has 1 aromatic carbocycles. The molecular formula is C29H33FN6O3. The minimum Gasteiger partial charge on any atom is -0.491 e. The Labute approximate surface area is 226 Å². The number of aliphatic hydroxyl groups is 1. The van der Waals surface area contributed by atoms with E-state index in [1.165, 1.54) is 17.3 Å². The molecule has 10 heteroatoms. The molecule has 1 N–H and O–H groups in total. The minimum absolute atomic E-state index is 0.132. The molecule has 1 atom stereocenters. The summed E-state index contributed by atoms with van der Waals surface area (Å²) in [7, 11) is 0. The number of nitrogens with zero attached hydrogens (tertiary/aromatic N) is 6. The molecule has 204 valence electrons. The van der Waals surface area contributed by atoms with Gasteiger partial charge in [0, 0.05) is 17.7 Å². The number of anilines is 1. The topological polar surface area (TPSA) is 102 Å². The van der Waals surface area contributed by atoms with Gasteiger partial charge in [-0.25, -0.2) is 14.4 Å². The molecule has 4 heterocycles. The molecule has 0 spiro atoms. The lowest BCUT2D eigenvalue weighted by molar-refractivity contribution is 0.0993. The molecule has 3 aromatic heterocycles. The summed E-state index contributed by atoms with van der Waals surface area (Å²) in [5.41, 5.74) is 5.66. The fraction of sp³-hybridized carbons (Fsp3) is 0.448. The zero-order chi connectivity index (χ0) is 27.3. The Bertz CT molecular complexity index is 1510. The number of aliphatic hydroxyl groups excluding tert-OH is 1. The number of hydrogen-bond donors (Lipinski definition) is 1. The van der Waals surface area contributed by atoms with Gasteiger partial charge in [0.15, 0.2) is 5.82 Å². The average molecular weight is 533 g/mol.